The Balaban J connectivity index is 3.07. The molecule has 0 aliphatic heterocycles. The van der Waals surface area contributed by atoms with Crippen molar-refractivity contribution in [3.63, 3.8) is 0 Å². The Kier molecular flexibility index (Phi) is 11.5. The number of hydrogen-bond donors (Lipinski definition) is 5. The number of carboxylic acid groups (broad SMARTS) is 1. The van der Waals surface area contributed by atoms with Gasteiger partial charge in [0.2, 0.25) is 5.91 Å². The van der Waals surface area contributed by atoms with Gasteiger partial charge in [0.25, 0.3) is 0 Å². The third-order valence-corrected chi connectivity index (χ3v) is 4.47. The van der Waals surface area contributed by atoms with Crippen LogP contribution < -0.4 is 15.0 Å². The van der Waals surface area contributed by atoms with Crippen LogP contribution in [0.3, 0.4) is 0 Å². The topological polar surface area (TPSA) is 140 Å². The van der Waals surface area contributed by atoms with Crippen molar-refractivity contribution < 1.29 is 34.8 Å². The van der Waals surface area contributed by atoms with E-state index in [0.29, 0.717) is 23.4 Å². The van der Waals surface area contributed by atoms with Crippen molar-refractivity contribution in [2.45, 2.75) is 38.5 Å². The molecule has 0 radical (unpaired) electrons. The summed E-state index contributed by atoms with van der Waals surface area (Å²) in [6, 6.07) is 5.03. The first-order valence-corrected chi connectivity index (χ1v) is 10.00. The smallest absolute Gasteiger partial charge is 0.317 e. The molecule has 0 aliphatic rings. The maximum atomic E-state index is 13.0. The molecule has 1 unspecified atom stereocenters. The molecule has 1 aromatic carbocycles. The van der Waals surface area contributed by atoms with Gasteiger partial charge in [-0.3, -0.25) is 14.9 Å². The van der Waals surface area contributed by atoms with Gasteiger partial charge in [-0.05, 0) is 30.5 Å². The van der Waals surface area contributed by atoms with Gasteiger partial charge in [-0.2, -0.15) is 0 Å². The van der Waals surface area contributed by atoms with Crippen LogP contribution in [0.4, 0.5) is 5.69 Å². The first-order valence-electron chi connectivity index (χ1n) is 10.00. The predicted molar refractivity (Wildman–Crippen MR) is 118 cm³/mol. The first-order chi connectivity index (χ1) is 14.7. The summed E-state index contributed by atoms with van der Waals surface area (Å²) in [4.78, 5) is 25.1. The van der Waals surface area contributed by atoms with Gasteiger partial charge in [-0.15, -0.1) is 0 Å². The standard InChI is InChI=1S/C22H32N2O7/c1-4-15(3)12-24(21(28)9-8-20(27)23-11-22(29)30)19-10-18(7-6-16(19)5-2)31-14-17(26)13-25/h5-7,10,17,20,23,25-27H,2-4,8-9,11-14H2,1H3,(H,29,30)/t17-,20?/m0/s1. The third kappa shape index (κ3) is 9.31. The molecule has 1 rings (SSSR count). The number of carbonyl (C=O) groups is 2. The van der Waals surface area contributed by atoms with Crippen LogP contribution in [0.1, 0.15) is 31.7 Å². The Morgan fingerprint density at radius 1 is 1.32 bits per heavy atom. The molecule has 31 heavy (non-hydrogen) atoms. The number of carbonyl (C=O) groups excluding carboxylic acids is 1. The van der Waals surface area contributed by atoms with Gasteiger partial charge in [0.05, 0.1) is 18.8 Å². The average molecular weight is 437 g/mol. The van der Waals surface area contributed by atoms with E-state index in [4.69, 9.17) is 14.9 Å². The van der Waals surface area contributed by atoms with Crippen molar-refractivity contribution in [3.05, 3.63) is 42.5 Å². The van der Waals surface area contributed by atoms with E-state index in [1.807, 2.05) is 6.92 Å². The summed E-state index contributed by atoms with van der Waals surface area (Å²) in [5.74, 6) is -0.998. The number of nitrogens with one attached hydrogen (secondary N) is 1. The molecule has 5 N–H and O–H groups in total. The lowest BCUT2D eigenvalue weighted by Crippen LogP contribution is -2.37. The molecule has 0 saturated heterocycles. The van der Waals surface area contributed by atoms with Gasteiger partial charge >= 0.3 is 5.97 Å². The number of nitrogens with zero attached hydrogens (tertiary/aromatic N) is 1. The van der Waals surface area contributed by atoms with E-state index >= 15 is 0 Å². The van der Waals surface area contributed by atoms with E-state index in [1.54, 1.807) is 24.3 Å². The van der Waals surface area contributed by atoms with E-state index in [0.717, 1.165) is 5.57 Å². The van der Waals surface area contributed by atoms with Gasteiger partial charge in [0, 0.05) is 19.0 Å². The molecular formula is C22H32N2O7. The van der Waals surface area contributed by atoms with E-state index < -0.39 is 31.5 Å². The lowest BCUT2D eigenvalue weighted by atomic mass is 10.1. The zero-order valence-electron chi connectivity index (χ0n) is 17.8. The SMILES string of the molecule is C=Cc1ccc(OC[C@@H](O)CO)cc1N(CC(=C)CC)C(=O)CCC(O)NCC(=O)O. The van der Waals surface area contributed by atoms with Crippen LogP contribution >= 0.6 is 0 Å². The molecule has 0 saturated carbocycles. The maximum absolute atomic E-state index is 13.0. The Morgan fingerprint density at radius 3 is 2.61 bits per heavy atom. The third-order valence-electron chi connectivity index (χ3n) is 4.47. The molecule has 0 fully saturated rings. The van der Waals surface area contributed by atoms with E-state index in [1.165, 1.54) is 4.90 Å². The molecule has 0 heterocycles. The second kappa shape index (κ2) is 13.6. The molecule has 0 aliphatic carbocycles. The predicted octanol–water partition coefficient (Wildman–Crippen LogP) is 1.13. The van der Waals surface area contributed by atoms with Gasteiger partial charge in [0.1, 0.15) is 24.7 Å². The Hall–Kier alpha value is -2.72. The number of aliphatic hydroxyl groups excluding tert-OH is 3. The number of anilines is 1. The lowest BCUT2D eigenvalue weighted by molar-refractivity contribution is -0.136. The van der Waals surface area contributed by atoms with E-state index in [-0.39, 0.29) is 31.9 Å². The van der Waals surface area contributed by atoms with Crippen LogP contribution in [0.15, 0.2) is 36.9 Å². The molecule has 9 nitrogen and oxygen atoms in total. The van der Waals surface area contributed by atoms with Gasteiger partial charge in [-0.25, -0.2) is 0 Å². The second-order valence-corrected chi connectivity index (χ2v) is 6.98. The highest BCUT2D eigenvalue weighted by Gasteiger charge is 2.21. The Morgan fingerprint density at radius 2 is 2.03 bits per heavy atom. The normalized spacial score (nSPS) is 12.6. The summed E-state index contributed by atoms with van der Waals surface area (Å²) in [5.41, 5.74) is 2.02. The van der Waals surface area contributed by atoms with Crippen LogP contribution in [0.5, 0.6) is 5.75 Å². The summed E-state index contributed by atoms with van der Waals surface area (Å²) in [5, 5.41) is 39.4. The number of aliphatic hydroxyl groups is 3. The highest BCUT2D eigenvalue weighted by atomic mass is 16.5. The fourth-order valence-corrected chi connectivity index (χ4v) is 2.61. The molecule has 2 atom stereocenters. The minimum atomic E-state index is -1.13. The van der Waals surface area contributed by atoms with Crippen molar-refractivity contribution in [2.24, 2.45) is 0 Å². The minimum absolute atomic E-state index is 0.0313. The fourth-order valence-electron chi connectivity index (χ4n) is 2.61. The van der Waals surface area contributed by atoms with Crippen LogP contribution in [-0.2, 0) is 9.59 Å². The molecular weight excluding hydrogens is 404 g/mol. The molecule has 9 heteroatoms. The largest absolute Gasteiger partial charge is 0.491 e. The number of aliphatic carboxylic acids is 1. The number of rotatable bonds is 15. The first kappa shape index (κ1) is 26.3. The van der Waals surface area contributed by atoms with Gasteiger partial charge in [-0.1, -0.05) is 31.7 Å². The van der Waals surface area contributed by atoms with Crippen molar-refractivity contribution in [1.29, 1.82) is 0 Å². The molecule has 0 spiro atoms. The zero-order chi connectivity index (χ0) is 23.4. The molecule has 172 valence electrons. The monoisotopic (exact) mass is 436 g/mol. The van der Waals surface area contributed by atoms with Crippen LogP contribution in [-0.4, -0.2) is 70.9 Å². The molecule has 1 amide bonds. The number of benzene rings is 1. The second-order valence-electron chi connectivity index (χ2n) is 6.98. The van der Waals surface area contributed by atoms with E-state index in [9.17, 15) is 19.8 Å². The Labute approximate surface area is 182 Å². The number of carboxylic acids is 1. The van der Waals surface area contributed by atoms with Crippen molar-refractivity contribution in [2.75, 3.05) is 31.2 Å². The highest BCUT2D eigenvalue weighted by Crippen LogP contribution is 2.29. The Bertz CT molecular complexity index is 766. The zero-order valence-corrected chi connectivity index (χ0v) is 17.8. The quantitative estimate of drug-likeness (QED) is 0.204. The molecule has 0 bridgehead atoms. The number of hydrogen-bond acceptors (Lipinski definition) is 7. The molecule has 0 aromatic heterocycles. The van der Waals surface area contributed by atoms with Crippen LogP contribution in [0.25, 0.3) is 6.08 Å². The lowest BCUT2D eigenvalue weighted by Gasteiger charge is -2.26. The average Bonchev–Trinajstić information content (AvgIpc) is 2.77. The van der Waals surface area contributed by atoms with E-state index in [2.05, 4.69) is 18.5 Å². The van der Waals surface area contributed by atoms with Gasteiger partial charge in [0.15, 0.2) is 0 Å². The van der Waals surface area contributed by atoms with Crippen molar-refractivity contribution in [1.82, 2.24) is 5.32 Å². The number of ether oxygens (including phenoxy) is 1. The van der Waals surface area contributed by atoms with Crippen LogP contribution in [0, 0.1) is 0 Å². The van der Waals surface area contributed by atoms with Crippen LogP contribution in [0.2, 0.25) is 0 Å². The van der Waals surface area contributed by atoms with Gasteiger partial charge < -0.3 is 30.1 Å². The summed E-state index contributed by atoms with van der Waals surface area (Å²) in [7, 11) is 0. The summed E-state index contributed by atoms with van der Waals surface area (Å²) < 4.78 is 5.50. The summed E-state index contributed by atoms with van der Waals surface area (Å²) in [6.45, 7) is 8.98. The summed E-state index contributed by atoms with van der Waals surface area (Å²) in [6.07, 6.45) is 0.0956. The number of amides is 1. The highest BCUT2D eigenvalue weighted by molar-refractivity contribution is 5.96. The van der Waals surface area contributed by atoms with Crippen molar-refractivity contribution in [3.8, 4) is 5.75 Å². The van der Waals surface area contributed by atoms with Crippen molar-refractivity contribution >= 4 is 23.6 Å². The fraction of sp³-hybridized carbons (Fsp3) is 0.455. The summed E-state index contributed by atoms with van der Waals surface area (Å²) >= 11 is 0. The molecule has 1 aromatic rings. The maximum Gasteiger partial charge on any atom is 0.317 e. The minimum Gasteiger partial charge on any atom is -0.491 e.